The van der Waals surface area contributed by atoms with Gasteiger partial charge < -0.3 is 5.32 Å². The first kappa shape index (κ1) is 19.0. The van der Waals surface area contributed by atoms with Crippen molar-refractivity contribution >= 4 is 21.6 Å². The molecule has 0 aliphatic rings. The van der Waals surface area contributed by atoms with Gasteiger partial charge in [0.15, 0.2) is 0 Å². The number of sulfonamides is 1. The third-order valence-electron chi connectivity index (χ3n) is 3.73. The molecule has 0 spiro atoms. The van der Waals surface area contributed by atoms with Gasteiger partial charge in [-0.25, -0.2) is 8.42 Å². The van der Waals surface area contributed by atoms with Crippen LogP contribution in [0.25, 0.3) is 0 Å². The van der Waals surface area contributed by atoms with Crippen molar-refractivity contribution in [3.05, 3.63) is 59.7 Å². The van der Waals surface area contributed by atoms with E-state index in [0.717, 1.165) is 11.1 Å². The number of rotatable bonds is 6. The number of nitrogens with zero attached hydrogens (tertiary/aromatic N) is 1. The van der Waals surface area contributed by atoms with Crippen molar-refractivity contribution in [2.45, 2.75) is 38.6 Å². The summed E-state index contributed by atoms with van der Waals surface area (Å²) >= 11 is 0. The van der Waals surface area contributed by atoms with Crippen molar-refractivity contribution < 1.29 is 13.2 Å². The third kappa shape index (κ3) is 4.60. The van der Waals surface area contributed by atoms with Crippen molar-refractivity contribution in [1.82, 2.24) is 5.32 Å². The molecule has 2 aromatic rings. The lowest BCUT2D eigenvalue weighted by atomic mass is 10.2. The zero-order valence-electron chi connectivity index (χ0n) is 15.0. The highest BCUT2D eigenvalue weighted by atomic mass is 32.2. The smallest absolute Gasteiger partial charge is 0.264 e. The first-order valence-electron chi connectivity index (χ1n) is 8.16. The minimum atomic E-state index is -3.85. The Labute approximate surface area is 149 Å². The highest BCUT2D eigenvalue weighted by Gasteiger charge is 2.28. The number of nitrogens with one attached hydrogen (secondary N) is 1. The summed E-state index contributed by atoms with van der Waals surface area (Å²) in [6.45, 7) is 7.13. The average molecular weight is 360 g/mol. The maximum absolute atomic E-state index is 13.2. The van der Waals surface area contributed by atoms with E-state index in [1.807, 2.05) is 39.8 Å². The van der Waals surface area contributed by atoms with Crippen LogP contribution in [0.15, 0.2) is 53.4 Å². The van der Waals surface area contributed by atoms with Gasteiger partial charge in [0.2, 0.25) is 5.91 Å². The molecule has 134 valence electrons. The summed E-state index contributed by atoms with van der Waals surface area (Å²) in [6, 6.07) is 13.7. The van der Waals surface area contributed by atoms with Crippen molar-refractivity contribution in [3.63, 3.8) is 0 Å². The molecule has 0 aromatic heterocycles. The predicted molar refractivity (Wildman–Crippen MR) is 100 cm³/mol. The fraction of sp³-hybridized carbons (Fsp3) is 0.316. The minimum Gasteiger partial charge on any atom is -0.352 e. The molecule has 0 fully saturated rings. The van der Waals surface area contributed by atoms with Gasteiger partial charge >= 0.3 is 0 Å². The summed E-state index contributed by atoms with van der Waals surface area (Å²) < 4.78 is 27.5. The van der Waals surface area contributed by atoms with Gasteiger partial charge in [0.1, 0.15) is 6.54 Å². The molecule has 0 atom stereocenters. The maximum atomic E-state index is 13.2. The first-order valence-corrected chi connectivity index (χ1v) is 9.60. The second kappa shape index (κ2) is 7.70. The van der Waals surface area contributed by atoms with Crippen molar-refractivity contribution in [2.75, 3.05) is 10.8 Å². The van der Waals surface area contributed by atoms with Gasteiger partial charge in [0.05, 0.1) is 10.6 Å². The lowest BCUT2D eigenvalue weighted by molar-refractivity contribution is -0.120. The molecule has 0 saturated carbocycles. The van der Waals surface area contributed by atoms with E-state index >= 15 is 0 Å². The van der Waals surface area contributed by atoms with Gasteiger partial charge in [0, 0.05) is 6.04 Å². The van der Waals surface area contributed by atoms with Crippen LogP contribution in [0.5, 0.6) is 0 Å². The van der Waals surface area contributed by atoms with Crippen molar-refractivity contribution in [2.24, 2.45) is 0 Å². The molecule has 5 nitrogen and oxygen atoms in total. The third-order valence-corrected chi connectivity index (χ3v) is 5.50. The Hall–Kier alpha value is -2.34. The largest absolute Gasteiger partial charge is 0.352 e. The van der Waals surface area contributed by atoms with Crippen molar-refractivity contribution in [3.8, 4) is 0 Å². The molecule has 0 bridgehead atoms. The topological polar surface area (TPSA) is 66.5 Å². The van der Waals surface area contributed by atoms with Crippen LogP contribution in [0.2, 0.25) is 0 Å². The Balaban J connectivity index is 2.48. The summed E-state index contributed by atoms with van der Waals surface area (Å²) in [5, 5.41) is 2.75. The molecule has 0 heterocycles. The van der Waals surface area contributed by atoms with Crippen LogP contribution in [0, 0.1) is 13.8 Å². The maximum Gasteiger partial charge on any atom is 0.264 e. The fourth-order valence-corrected chi connectivity index (χ4v) is 3.96. The molecule has 0 saturated heterocycles. The summed E-state index contributed by atoms with van der Waals surface area (Å²) in [5.41, 5.74) is 2.26. The van der Waals surface area contributed by atoms with E-state index in [2.05, 4.69) is 5.32 Å². The number of aryl methyl sites for hydroxylation is 2. The van der Waals surface area contributed by atoms with E-state index < -0.39 is 10.0 Å². The molecule has 0 aliphatic heterocycles. The molecule has 0 unspecified atom stereocenters. The summed E-state index contributed by atoms with van der Waals surface area (Å²) in [5.74, 6) is -0.339. The van der Waals surface area contributed by atoms with Crippen LogP contribution in [0.3, 0.4) is 0 Å². The minimum absolute atomic E-state index is 0.0618. The van der Waals surface area contributed by atoms with Gasteiger partial charge in [-0.05, 0) is 51.5 Å². The summed E-state index contributed by atoms with van der Waals surface area (Å²) in [4.78, 5) is 12.4. The lowest BCUT2D eigenvalue weighted by Gasteiger charge is -2.26. The number of hydrogen-bond donors (Lipinski definition) is 1. The molecular weight excluding hydrogens is 336 g/mol. The van der Waals surface area contributed by atoms with Crippen LogP contribution in [0.4, 0.5) is 5.69 Å². The van der Waals surface area contributed by atoms with E-state index in [4.69, 9.17) is 0 Å². The lowest BCUT2D eigenvalue weighted by Crippen LogP contribution is -2.43. The zero-order valence-corrected chi connectivity index (χ0v) is 15.8. The molecule has 0 aliphatic carbocycles. The molecule has 1 N–H and O–H groups in total. The van der Waals surface area contributed by atoms with Gasteiger partial charge in [0.25, 0.3) is 10.0 Å². The number of para-hydroxylation sites is 1. The quantitative estimate of drug-likeness (QED) is 0.861. The number of amides is 1. The number of carbonyl (C=O) groups is 1. The number of hydrogen-bond acceptors (Lipinski definition) is 3. The normalized spacial score (nSPS) is 11.4. The van der Waals surface area contributed by atoms with Gasteiger partial charge in [-0.3, -0.25) is 9.10 Å². The SMILES string of the molecule is Cc1ccc(S(=O)(=O)N(CC(=O)NC(C)C)c2ccccc2C)cc1. The van der Waals surface area contributed by atoms with E-state index in [9.17, 15) is 13.2 Å². The second-order valence-electron chi connectivity index (χ2n) is 6.33. The van der Waals surface area contributed by atoms with Crippen LogP contribution in [-0.2, 0) is 14.8 Å². The molecule has 2 rings (SSSR count). The van der Waals surface area contributed by atoms with E-state index in [1.54, 1.807) is 36.4 Å². The van der Waals surface area contributed by atoms with E-state index in [1.165, 1.54) is 4.31 Å². The van der Waals surface area contributed by atoms with Crippen molar-refractivity contribution in [1.29, 1.82) is 0 Å². The number of carbonyl (C=O) groups excluding carboxylic acids is 1. The highest BCUT2D eigenvalue weighted by Crippen LogP contribution is 2.26. The first-order chi connectivity index (χ1) is 11.7. The van der Waals surface area contributed by atoms with Crippen LogP contribution in [-0.4, -0.2) is 26.9 Å². The highest BCUT2D eigenvalue weighted by molar-refractivity contribution is 7.92. The fourth-order valence-electron chi connectivity index (χ4n) is 2.48. The van der Waals surface area contributed by atoms with Crippen LogP contribution in [0.1, 0.15) is 25.0 Å². The Morgan fingerprint density at radius 3 is 2.20 bits per heavy atom. The van der Waals surface area contributed by atoms with Gasteiger partial charge in [-0.2, -0.15) is 0 Å². The molecule has 6 heteroatoms. The molecule has 0 radical (unpaired) electrons. The van der Waals surface area contributed by atoms with Gasteiger partial charge in [-0.15, -0.1) is 0 Å². The predicted octanol–water partition coefficient (Wildman–Crippen LogP) is 3.02. The van der Waals surface area contributed by atoms with Crippen LogP contribution >= 0.6 is 0 Å². The Morgan fingerprint density at radius 2 is 1.64 bits per heavy atom. The van der Waals surface area contributed by atoms with E-state index in [-0.39, 0.29) is 23.4 Å². The summed E-state index contributed by atoms with van der Waals surface area (Å²) in [7, 11) is -3.85. The zero-order chi connectivity index (χ0) is 18.6. The van der Waals surface area contributed by atoms with Crippen LogP contribution < -0.4 is 9.62 Å². The Bertz CT molecular complexity index is 843. The summed E-state index contributed by atoms with van der Waals surface area (Å²) in [6.07, 6.45) is 0. The average Bonchev–Trinajstić information content (AvgIpc) is 2.53. The molecule has 2 aromatic carbocycles. The second-order valence-corrected chi connectivity index (χ2v) is 8.20. The van der Waals surface area contributed by atoms with Gasteiger partial charge in [-0.1, -0.05) is 35.9 Å². The molecule has 25 heavy (non-hydrogen) atoms. The standard InChI is InChI=1S/C19H24N2O3S/c1-14(2)20-19(22)13-21(18-8-6-5-7-16(18)4)25(23,24)17-11-9-15(3)10-12-17/h5-12,14H,13H2,1-4H3,(H,20,22). The number of anilines is 1. The molecular formula is C19H24N2O3S. The monoisotopic (exact) mass is 360 g/mol. The Kier molecular flexibility index (Phi) is 5.85. The Morgan fingerprint density at radius 1 is 1.04 bits per heavy atom. The van der Waals surface area contributed by atoms with E-state index in [0.29, 0.717) is 5.69 Å². The molecule has 1 amide bonds. The number of benzene rings is 2.